The molecule has 5 aromatic rings. The molecule has 0 unspecified atom stereocenters. The number of nitrogens with zero attached hydrogens (tertiary/aromatic N) is 4. The van der Waals surface area contributed by atoms with Crippen LogP contribution in [0.4, 0.5) is 9.59 Å². The van der Waals surface area contributed by atoms with Gasteiger partial charge in [-0.05, 0) is 85.5 Å². The lowest BCUT2D eigenvalue weighted by molar-refractivity contribution is -0.135. The largest absolute Gasteiger partial charge is 0.453 e. The number of methoxy groups -OCH3 is 1. The highest BCUT2D eigenvalue weighted by molar-refractivity contribution is 5.91. The van der Waals surface area contributed by atoms with E-state index in [1.165, 1.54) is 7.11 Å². The van der Waals surface area contributed by atoms with Gasteiger partial charge in [-0.3, -0.25) is 9.69 Å². The highest BCUT2D eigenvalue weighted by Crippen LogP contribution is 2.37. The second-order valence-corrected chi connectivity index (χ2v) is 15.8. The molecule has 12 heteroatoms. The summed E-state index contributed by atoms with van der Waals surface area (Å²) in [6.07, 6.45) is 4.93. The van der Waals surface area contributed by atoms with Gasteiger partial charge in [0, 0.05) is 18.7 Å². The van der Waals surface area contributed by atoms with Crippen molar-refractivity contribution in [3.63, 3.8) is 0 Å². The minimum atomic E-state index is -0.682. The molecule has 2 aliphatic heterocycles. The van der Waals surface area contributed by atoms with Gasteiger partial charge in [-0.1, -0.05) is 74.5 Å². The molecule has 55 heavy (non-hydrogen) atoms. The number of hydrogen-bond donors (Lipinski definition) is 3. The van der Waals surface area contributed by atoms with Crippen molar-refractivity contribution in [1.82, 2.24) is 35.1 Å². The summed E-state index contributed by atoms with van der Waals surface area (Å²) >= 11 is 0. The number of alkyl carbamates (subject to hydrolysis) is 1. The Hall–Kier alpha value is -5.91. The smallest absolute Gasteiger partial charge is 0.411 e. The lowest BCUT2D eigenvalue weighted by Crippen LogP contribution is -2.51. The molecule has 0 saturated carbocycles. The van der Waals surface area contributed by atoms with Crippen molar-refractivity contribution in [3.8, 4) is 33.6 Å². The normalized spacial score (nSPS) is 17.9. The molecule has 2 aromatic heterocycles. The number of benzene rings is 3. The van der Waals surface area contributed by atoms with E-state index in [9.17, 15) is 14.4 Å². The molecular formula is C43H49N7O5. The number of hydrogen-bond acceptors (Lipinski definition) is 7. The summed E-state index contributed by atoms with van der Waals surface area (Å²) in [5.41, 5.74) is 6.32. The van der Waals surface area contributed by atoms with Crippen LogP contribution in [0.2, 0.25) is 0 Å². The van der Waals surface area contributed by atoms with Gasteiger partial charge in [0.05, 0.1) is 43.0 Å². The minimum Gasteiger partial charge on any atom is -0.453 e. The van der Waals surface area contributed by atoms with E-state index in [-0.39, 0.29) is 30.0 Å². The first-order valence-corrected chi connectivity index (χ1v) is 18.8. The lowest BCUT2D eigenvalue weighted by Gasteiger charge is -2.30. The van der Waals surface area contributed by atoms with Crippen LogP contribution in [-0.2, 0) is 14.3 Å². The van der Waals surface area contributed by atoms with Gasteiger partial charge in [0.15, 0.2) is 0 Å². The van der Waals surface area contributed by atoms with Crippen LogP contribution in [0, 0.1) is 5.92 Å². The Labute approximate surface area is 321 Å². The molecular weight excluding hydrogens is 695 g/mol. The van der Waals surface area contributed by atoms with Crippen LogP contribution in [-0.4, -0.2) is 79.7 Å². The Morgan fingerprint density at radius 3 is 2.05 bits per heavy atom. The number of rotatable bonds is 8. The predicted molar refractivity (Wildman–Crippen MR) is 212 cm³/mol. The third-order valence-electron chi connectivity index (χ3n) is 10.3. The number of carbonyl (C=O) groups is 3. The fourth-order valence-corrected chi connectivity index (χ4v) is 7.49. The number of amides is 3. The minimum absolute atomic E-state index is 0.0993. The van der Waals surface area contributed by atoms with E-state index >= 15 is 0 Å². The van der Waals surface area contributed by atoms with Gasteiger partial charge in [-0.15, -0.1) is 0 Å². The molecule has 3 N–H and O–H groups in total. The molecule has 2 saturated heterocycles. The van der Waals surface area contributed by atoms with Gasteiger partial charge < -0.3 is 29.7 Å². The molecule has 0 radical (unpaired) electrons. The quantitative estimate of drug-likeness (QED) is 0.135. The summed E-state index contributed by atoms with van der Waals surface area (Å²) < 4.78 is 10.4. The van der Waals surface area contributed by atoms with Crippen molar-refractivity contribution in [1.29, 1.82) is 0 Å². The number of aromatic amines is 2. The average Bonchev–Trinajstić information content (AvgIpc) is 3.99. The summed E-state index contributed by atoms with van der Waals surface area (Å²) in [7, 11) is 1.29. The van der Waals surface area contributed by atoms with Crippen LogP contribution in [0.15, 0.2) is 85.2 Å². The SMILES string of the molecule is C=C1C[C@@H](c2ncc(-c3ccc(-c4ccc5cc(-c6cnc([C@@H]7CCCN7C(=O)[C@@H](NC(=O)OC)C(C)C)[nH]6)ccc5c4)cc3)[nH]2)N(C(=O)OC(C)(C)C)C1. The van der Waals surface area contributed by atoms with Gasteiger partial charge in [-0.25, -0.2) is 19.6 Å². The molecule has 4 heterocycles. The Morgan fingerprint density at radius 2 is 1.42 bits per heavy atom. The Morgan fingerprint density at radius 1 is 0.836 bits per heavy atom. The number of ether oxygens (including phenoxy) is 2. The number of likely N-dealkylation sites (tertiary alicyclic amines) is 2. The van der Waals surface area contributed by atoms with Crippen LogP contribution >= 0.6 is 0 Å². The van der Waals surface area contributed by atoms with Crippen molar-refractivity contribution in [3.05, 3.63) is 96.9 Å². The second-order valence-electron chi connectivity index (χ2n) is 15.8. The fraction of sp³-hybridized carbons (Fsp3) is 0.372. The van der Waals surface area contributed by atoms with Crippen LogP contribution in [0.5, 0.6) is 0 Å². The summed E-state index contributed by atoms with van der Waals surface area (Å²) in [4.78, 5) is 58.2. The van der Waals surface area contributed by atoms with Gasteiger partial charge in [-0.2, -0.15) is 0 Å². The number of imidazole rings is 2. The van der Waals surface area contributed by atoms with E-state index in [4.69, 9.17) is 14.5 Å². The van der Waals surface area contributed by atoms with E-state index in [2.05, 4.69) is 87.5 Å². The van der Waals surface area contributed by atoms with Crippen LogP contribution < -0.4 is 5.32 Å². The highest BCUT2D eigenvalue weighted by Gasteiger charge is 2.38. The number of H-pyrrole nitrogens is 2. The van der Waals surface area contributed by atoms with Crippen molar-refractivity contribution in [2.75, 3.05) is 20.2 Å². The molecule has 2 fully saturated rings. The topological polar surface area (TPSA) is 146 Å². The van der Waals surface area contributed by atoms with Gasteiger partial charge in [0.2, 0.25) is 5.91 Å². The van der Waals surface area contributed by atoms with Crippen LogP contribution in [0.3, 0.4) is 0 Å². The maximum Gasteiger partial charge on any atom is 0.411 e. The molecule has 7 rings (SSSR count). The number of nitrogens with one attached hydrogen (secondary N) is 3. The Kier molecular flexibility index (Phi) is 10.3. The van der Waals surface area contributed by atoms with Crippen molar-refractivity contribution >= 4 is 28.9 Å². The molecule has 0 bridgehead atoms. The van der Waals surface area contributed by atoms with Crippen molar-refractivity contribution < 1.29 is 23.9 Å². The van der Waals surface area contributed by atoms with E-state index in [0.717, 1.165) is 68.7 Å². The van der Waals surface area contributed by atoms with Gasteiger partial charge in [0.1, 0.15) is 23.3 Å². The summed E-state index contributed by atoms with van der Waals surface area (Å²) in [6.45, 7) is 14.6. The Balaban J connectivity index is 1.04. The fourth-order valence-electron chi connectivity index (χ4n) is 7.49. The van der Waals surface area contributed by atoms with E-state index in [0.29, 0.717) is 25.3 Å². The van der Waals surface area contributed by atoms with Gasteiger partial charge >= 0.3 is 12.2 Å². The maximum atomic E-state index is 13.6. The lowest BCUT2D eigenvalue weighted by atomic mass is 9.98. The highest BCUT2D eigenvalue weighted by atomic mass is 16.6. The zero-order valence-corrected chi connectivity index (χ0v) is 32.3. The molecule has 3 atom stereocenters. The summed E-state index contributed by atoms with van der Waals surface area (Å²) in [6, 6.07) is 20.0. The predicted octanol–water partition coefficient (Wildman–Crippen LogP) is 8.57. The first-order chi connectivity index (χ1) is 26.3. The molecule has 12 nitrogen and oxygen atoms in total. The molecule has 286 valence electrons. The van der Waals surface area contributed by atoms with Gasteiger partial charge in [0.25, 0.3) is 0 Å². The number of aromatic nitrogens is 4. The molecule has 0 aliphatic carbocycles. The Bertz CT molecular complexity index is 2230. The van der Waals surface area contributed by atoms with E-state index in [1.54, 1.807) is 4.90 Å². The third-order valence-corrected chi connectivity index (χ3v) is 10.3. The van der Waals surface area contributed by atoms with E-state index in [1.807, 2.05) is 51.9 Å². The first-order valence-electron chi connectivity index (χ1n) is 18.8. The summed E-state index contributed by atoms with van der Waals surface area (Å²) in [5, 5.41) is 4.91. The van der Waals surface area contributed by atoms with Crippen molar-refractivity contribution in [2.24, 2.45) is 5.92 Å². The maximum absolute atomic E-state index is 13.6. The molecule has 3 amide bonds. The molecule has 2 aliphatic rings. The monoisotopic (exact) mass is 743 g/mol. The summed E-state index contributed by atoms with van der Waals surface area (Å²) in [5.74, 6) is 1.22. The average molecular weight is 744 g/mol. The second kappa shape index (κ2) is 15.1. The van der Waals surface area contributed by atoms with Crippen molar-refractivity contribution in [2.45, 2.75) is 77.6 Å². The first kappa shape index (κ1) is 37.4. The zero-order chi connectivity index (χ0) is 39.0. The third kappa shape index (κ3) is 7.99. The number of carbonyl (C=O) groups excluding carboxylic acids is 3. The standard InChI is InChI=1S/C43H49N7O5/c1-25(2)37(48-41(52)54-7)40(51)49-18-8-9-35(49)38-44-23-34(47-38)32-17-16-30-20-29(14-15-31(30)21-32)27-10-12-28(13-11-27)33-22-45-39(46-33)36-19-26(3)24-50(36)42(53)55-43(4,5)6/h10-17,20-23,25,35-37H,3,8-9,18-19,24H2,1-2,4-7H3,(H,44,47)(H,45,46)(H,48,52)/t35-,36-,37-/m0/s1. The van der Waals surface area contributed by atoms with Crippen LogP contribution in [0.1, 0.15) is 77.6 Å². The molecule has 0 spiro atoms. The van der Waals surface area contributed by atoms with Crippen LogP contribution in [0.25, 0.3) is 44.4 Å². The van der Waals surface area contributed by atoms with E-state index < -0.39 is 17.7 Å². The zero-order valence-electron chi connectivity index (χ0n) is 32.3. The molecule has 3 aromatic carbocycles. The number of fused-ring (bicyclic) bond motifs is 1.